The van der Waals surface area contributed by atoms with Crippen molar-refractivity contribution in [1.29, 1.82) is 0 Å². The van der Waals surface area contributed by atoms with Crippen molar-refractivity contribution >= 4 is 70.1 Å². The number of hydrogen-bond acceptors (Lipinski definition) is 0. The maximum absolute atomic E-state index is 3.72. The lowest BCUT2D eigenvalue weighted by molar-refractivity contribution is 1.18. The van der Waals surface area contributed by atoms with Crippen LogP contribution in [0.3, 0.4) is 0 Å². The number of para-hydroxylation sites is 1. The van der Waals surface area contributed by atoms with Crippen LogP contribution in [-0.2, 0) is 0 Å². The maximum Gasteiger partial charge on any atom is 0.0541 e. The summed E-state index contributed by atoms with van der Waals surface area (Å²) in [7, 11) is 0. The zero-order valence-electron chi connectivity index (χ0n) is 20.5. The van der Waals surface area contributed by atoms with E-state index < -0.39 is 0 Å². The van der Waals surface area contributed by atoms with Crippen molar-refractivity contribution in [1.82, 2.24) is 4.57 Å². The Hall–Kier alpha value is -4.40. The van der Waals surface area contributed by atoms with E-state index in [2.05, 4.69) is 154 Å². The molecule has 0 fully saturated rings. The average Bonchev–Trinajstić information content (AvgIpc) is 3.30. The minimum absolute atomic E-state index is 1.09. The normalized spacial score (nSPS) is 11.8. The summed E-state index contributed by atoms with van der Waals surface area (Å²) in [5, 5.41) is 10.3. The number of benzene rings is 7. The largest absolute Gasteiger partial charge is 0.309 e. The van der Waals surface area contributed by atoms with Gasteiger partial charge in [-0.05, 0) is 85.9 Å². The molecule has 7 aromatic carbocycles. The highest BCUT2D eigenvalue weighted by molar-refractivity contribution is 9.10. The molecule has 8 aromatic rings. The Morgan fingerprint density at radius 2 is 0.974 bits per heavy atom. The molecule has 8 rings (SSSR count). The molecule has 0 atom stereocenters. The van der Waals surface area contributed by atoms with Gasteiger partial charge in [0.25, 0.3) is 0 Å². The Morgan fingerprint density at radius 3 is 1.68 bits per heavy atom. The summed E-state index contributed by atoms with van der Waals surface area (Å²) in [5.41, 5.74) is 6.09. The Balaban J connectivity index is 1.49. The SMILES string of the molecule is Brc1ccc2c(c1)c1cc(-c3cccc4c5ccccc5c5ccccc5c34)ccc1n2-c1ccccc1. The molecule has 0 spiro atoms. The zero-order valence-corrected chi connectivity index (χ0v) is 22.1. The lowest BCUT2D eigenvalue weighted by Gasteiger charge is -2.14. The first-order valence-corrected chi connectivity index (χ1v) is 13.7. The van der Waals surface area contributed by atoms with Crippen molar-refractivity contribution in [2.45, 2.75) is 0 Å². The van der Waals surface area contributed by atoms with Crippen LogP contribution in [0.25, 0.3) is 70.9 Å². The molecule has 0 saturated heterocycles. The van der Waals surface area contributed by atoms with Crippen LogP contribution < -0.4 is 0 Å². The van der Waals surface area contributed by atoms with Gasteiger partial charge in [-0.25, -0.2) is 0 Å². The Labute approximate surface area is 228 Å². The maximum atomic E-state index is 3.72. The van der Waals surface area contributed by atoms with Gasteiger partial charge in [0, 0.05) is 20.9 Å². The standard InChI is InChI=1S/C36H22BrN/c37-24-18-20-35-33(22-24)32-21-23(17-19-34(32)38(35)25-9-2-1-3-10-25)26-15-8-16-31-29-12-5-4-11-27(29)28-13-6-7-14-30(28)36(26)31/h1-22H. The van der Waals surface area contributed by atoms with Crippen molar-refractivity contribution < 1.29 is 0 Å². The molecule has 0 bridgehead atoms. The van der Waals surface area contributed by atoms with E-state index in [0.717, 1.165) is 4.47 Å². The molecule has 178 valence electrons. The minimum Gasteiger partial charge on any atom is -0.309 e. The summed E-state index contributed by atoms with van der Waals surface area (Å²) in [6.45, 7) is 0. The molecule has 38 heavy (non-hydrogen) atoms. The van der Waals surface area contributed by atoms with Crippen molar-refractivity contribution in [2.24, 2.45) is 0 Å². The molecule has 1 aromatic heterocycles. The van der Waals surface area contributed by atoms with E-state index in [1.54, 1.807) is 0 Å². The van der Waals surface area contributed by atoms with E-state index in [0.29, 0.717) is 0 Å². The smallest absolute Gasteiger partial charge is 0.0541 e. The number of fused-ring (bicyclic) bond motifs is 9. The lowest BCUT2D eigenvalue weighted by atomic mass is 9.89. The number of rotatable bonds is 2. The molecule has 0 saturated carbocycles. The Morgan fingerprint density at radius 1 is 0.421 bits per heavy atom. The summed E-state index contributed by atoms with van der Waals surface area (Å²) in [6.07, 6.45) is 0. The Bertz CT molecular complexity index is 2140. The second-order valence-electron chi connectivity index (χ2n) is 9.88. The molecule has 0 aliphatic rings. The highest BCUT2D eigenvalue weighted by Crippen LogP contribution is 2.42. The highest BCUT2D eigenvalue weighted by atomic mass is 79.9. The topological polar surface area (TPSA) is 4.93 Å². The van der Waals surface area contributed by atoms with Crippen molar-refractivity contribution in [3.05, 3.63) is 138 Å². The van der Waals surface area contributed by atoms with Crippen LogP contribution in [0.15, 0.2) is 138 Å². The fourth-order valence-corrected chi connectivity index (χ4v) is 6.58. The van der Waals surface area contributed by atoms with Crippen LogP contribution in [0, 0.1) is 0 Å². The zero-order chi connectivity index (χ0) is 25.2. The minimum atomic E-state index is 1.09. The third-order valence-corrected chi connectivity index (χ3v) is 8.31. The lowest BCUT2D eigenvalue weighted by Crippen LogP contribution is -1.93. The van der Waals surface area contributed by atoms with E-state index in [1.807, 2.05) is 0 Å². The van der Waals surface area contributed by atoms with E-state index in [-0.39, 0.29) is 0 Å². The second kappa shape index (κ2) is 8.31. The van der Waals surface area contributed by atoms with E-state index >= 15 is 0 Å². The third-order valence-electron chi connectivity index (χ3n) is 7.82. The number of halogens is 1. The predicted molar refractivity (Wildman–Crippen MR) is 166 cm³/mol. The third kappa shape index (κ3) is 3.11. The van der Waals surface area contributed by atoms with Crippen LogP contribution in [0.5, 0.6) is 0 Å². The summed E-state index contributed by atoms with van der Waals surface area (Å²) < 4.78 is 3.46. The number of aromatic nitrogens is 1. The molecule has 1 nitrogen and oxygen atoms in total. The molecule has 2 heteroatoms. The first-order valence-electron chi connectivity index (χ1n) is 12.9. The van der Waals surface area contributed by atoms with Gasteiger partial charge in [0.2, 0.25) is 0 Å². The predicted octanol–water partition coefficient (Wildman–Crippen LogP) is 10.7. The van der Waals surface area contributed by atoms with Crippen molar-refractivity contribution in [3.63, 3.8) is 0 Å². The number of hydrogen-bond donors (Lipinski definition) is 0. The van der Waals surface area contributed by atoms with Crippen LogP contribution in [0.2, 0.25) is 0 Å². The van der Waals surface area contributed by atoms with Crippen LogP contribution in [0.4, 0.5) is 0 Å². The van der Waals surface area contributed by atoms with Gasteiger partial charge in [0.15, 0.2) is 0 Å². The molecule has 0 unspecified atom stereocenters. The van der Waals surface area contributed by atoms with Gasteiger partial charge >= 0.3 is 0 Å². The fraction of sp³-hybridized carbons (Fsp3) is 0. The van der Waals surface area contributed by atoms with Gasteiger partial charge in [-0.2, -0.15) is 0 Å². The van der Waals surface area contributed by atoms with Crippen molar-refractivity contribution in [2.75, 3.05) is 0 Å². The first-order chi connectivity index (χ1) is 18.8. The molecule has 0 amide bonds. The number of nitrogens with zero attached hydrogens (tertiary/aromatic N) is 1. The molecular formula is C36H22BrN. The summed E-state index contributed by atoms with van der Waals surface area (Å²) in [6, 6.07) is 48.5. The molecule has 0 N–H and O–H groups in total. The average molecular weight is 548 g/mol. The summed E-state index contributed by atoms with van der Waals surface area (Å²) in [4.78, 5) is 0. The molecule has 0 aliphatic heterocycles. The van der Waals surface area contributed by atoms with E-state index in [9.17, 15) is 0 Å². The molecule has 1 heterocycles. The van der Waals surface area contributed by atoms with Gasteiger partial charge < -0.3 is 4.57 Å². The molecule has 0 aliphatic carbocycles. The van der Waals surface area contributed by atoms with Crippen LogP contribution >= 0.6 is 15.9 Å². The van der Waals surface area contributed by atoms with Gasteiger partial charge in [-0.3, -0.25) is 0 Å². The monoisotopic (exact) mass is 547 g/mol. The Kier molecular flexibility index (Phi) is 4.74. The fourth-order valence-electron chi connectivity index (χ4n) is 6.21. The van der Waals surface area contributed by atoms with Gasteiger partial charge in [0.1, 0.15) is 0 Å². The summed E-state index contributed by atoms with van der Waals surface area (Å²) in [5.74, 6) is 0. The molecule has 0 radical (unpaired) electrons. The second-order valence-corrected chi connectivity index (χ2v) is 10.8. The van der Waals surface area contributed by atoms with Gasteiger partial charge in [-0.1, -0.05) is 107 Å². The van der Waals surface area contributed by atoms with Gasteiger partial charge in [0.05, 0.1) is 11.0 Å². The van der Waals surface area contributed by atoms with Gasteiger partial charge in [-0.15, -0.1) is 0 Å². The van der Waals surface area contributed by atoms with Crippen LogP contribution in [0.1, 0.15) is 0 Å². The van der Waals surface area contributed by atoms with E-state index in [1.165, 1.54) is 70.9 Å². The quantitative estimate of drug-likeness (QED) is 0.189. The van der Waals surface area contributed by atoms with E-state index in [4.69, 9.17) is 0 Å². The van der Waals surface area contributed by atoms with Crippen LogP contribution in [-0.4, -0.2) is 4.57 Å². The first kappa shape index (κ1) is 21.7. The molecular weight excluding hydrogens is 526 g/mol. The highest BCUT2D eigenvalue weighted by Gasteiger charge is 2.16. The van der Waals surface area contributed by atoms with Crippen molar-refractivity contribution in [3.8, 4) is 16.8 Å². The summed E-state index contributed by atoms with van der Waals surface area (Å²) >= 11 is 3.72.